The third-order valence-electron chi connectivity index (χ3n) is 7.76. The smallest absolute Gasteiger partial charge is 0.287 e. The van der Waals surface area contributed by atoms with Gasteiger partial charge < -0.3 is 15.4 Å². The Bertz CT molecular complexity index is 1580. The van der Waals surface area contributed by atoms with Crippen LogP contribution in [0.25, 0.3) is 0 Å². The van der Waals surface area contributed by atoms with Gasteiger partial charge in [0.05, 0.1) is 18.1 Å². The van der Waals surface area contributed by atoms with Crippen molar-refractivity contribution >= 4 is 57.9 Å². The van der Waals surface area contributed by atoms with Gasteiger partial charge in [0.15, 0.2) is 5.60 Å². The van der Waals surface area contributed by atoms with Crippen molar-refractivity contribution in [1.82, 2.24) is 10.8 Å². The van der Waals surface area contributed by atoms with Crippen molar-refractivity contribution in [2.45, 2.75) is 50.2 Å². The number of carbonyl (C=O) groups is 2. The van der Waals surface area contributed by atoms with E-state index < -0.39 is 34.7 Å². The molecule has 214 valence electrons. The molecule has 3 atom stereocenters. The molecular weight excluding hydrogens is 588 g/mol. The molecule has 3 unspecified atom stereocenters. The maximum atomic E-state index is 14.7. The van der Waals surface area contributed by atoms with Gasteiger partial charge in [0.25, 0.3) is 5.91 Å². The van der Waals surface area contributed by atoms with Crippen LogP contribution in [0.5, 0.6) is 5.75 Å². The predicted octanol–water partition coefficient (Wildman–Crippen LogP) is 6.31. The second-order valence-corrected chi connectivity index (χ2v) is 12.1. The minimum Gasteiger partial charge on any atom is -0.478 e. The zero-order chi connectivity index (χ0) is 29.7. The average Bonchev–Trinajstić information content (AvgIpc) is 3.18. The number of rotatable bonds is 6. The Morgan fingerprint density at radius 1 is 1.10 bits per heavy atom. The number of hydrogen-bond donors (Lipinski definition) is 3. The van der Waals surface area contributed by atoms with E-state index in [0.29, 0.717) is 43.2 Å². The normalized spacial score (nSPS) is 21.7. The number of hydrogen-bond acceptors (Lipinski definition) is 5. The third kappa shape index (κ3) is 5.05. The fourth-order valence-corrected chi connectivity index (χ4v) is 6.50. The largest absolute Gasteiger partial charge is 0.478 e. The SMILES string of the molecule is CONC(=O)C(C)(C)Oc1ccc(Cl)cc1C1CC(=S)NC(c2cc(F)ccc2C)C12C(=O)Nc1cc(Cl)ccc12. The van der Waals surface area contributed by atoms with E-state index in [1.54, 1.807) is 56.3 Å². The Balaban J connectivity index is 1.78. The molecule has 0 bridgehead atoms. The average molecular weight is 617 g/mol. The molecule has 11 heteroatoms. The van der Waals surface area contributed by atoms with Crippen molar-refractivity contribution in [3.63, 3.8) is 0 Å². The van der Waals surface area contributed by atoms with Gasteiger partial charge in [-0.15, -0.1) is 0 Å². The number of benzene rings is 3. The van der Waals surface area contributed by atoms with Crippen LogP contribution in [0.3, 0.4) is 0 Å². The summed E-state index contributed by atoms with van der Waals surface area (Å²) in [6, 6.07) is 14.0. The van der Waals surface area contributed by atoms with Crippen LogP contribution in [0.15, 0.2) is 54.6 Å². The van der Waals surface area contributed by atoms with E-state index >= 15 is 0 Å². The van der Waals surface area contributed by atoms with E-state index in [-0.39, 0.29) is 12.3 Å². The summed E-state index contributed by atoms with van der Waals surface area (Å²) in [5, 5.41) is 7.22. The molecule has 0 radical (unpaired) electrons. The maximum absolute atomic E-state index is 14.7. The molecule has 1 fully saturated rings. The van der Waals surface area contributed by atoms with Crippen molar-refractivity contribution in [2.75, 3.05) is 12.4 Å². The zero-order valence-electron chi connectivity index (χ0n) is 22.7. The summed E-state index contributed by atoms with van der Waals surface area (Å²) in [7, 11) is 1.33. The fraction of sp³-hybridized carbons (Fsp3) is 0.300. The lowest BCUT2D eigenvalue weighted by Crippen LogP contribution is -2.56. The van der Waals surface area contributed by atoms with E-state index in [4.69, 9.17) is 45.0 Å². The lowest BCUT2D eigenvalue weighted by molar-refractivity contribution is -0.145. The summed E-state index contributed by atoms with van der Waals surface area (Å²) in [5.41, 5.74) is 2.76. The van der Waals surface area contributed by atoms with Crippen LogP contribution in [0.4, 0.5) is 10.1 Å². The third-order valence-corrected chi connectivity index (χ3v) is 8.51. The molecule has 3 aromatic carbocycles. The molecule has 2 aliphatic rings. The molecule has 0 aromatic heterocycles. The van der Waals surface area contributed by atoms with Gasteiger partial charge in [0.2, 0.25) is 5.91 Å². The number of anilines is 1. The minimum atomic E-state index is -1.36. The molecule has 0 saturated carbocycles. The van der Waals surface area contributed by atoms with Gasteiger partial charge >= 0.3 is 0 Å². The number of hydroxylamine groups is 1. The van der Waals surface area contributed by atoms with E-state index in [2.05, 4.69) is 16.1 Å². The Kier molecular flexibility index (Phi) is 7.76. The van der Waals surface area contributed by atoms with Crippen LogP contribution in [-0.2, 0) is 19.8 Å². The number of piperidine rings is 1. The van der Waals surface area contributed by atoms with Crippen LogP contribution in [0, 0.1) is 12.7 Å². The zero-order valence-corrected chi connectivity index (χ0v) is 25.1. The van der Waals surface area contributed by atoms with Crippen LogP contribution < -0.4 is 20.9 Å². The van der Waals surface area contributed by atoms with Crippen molar-refractivity contribution in [2.24, 2.45) is 0 Å². The molecule has 1 spiro atoms. The highest BCUT2D eigenvalue weighted by Crippen LogP contribution is 2.59. The van der Waals surface area contributed by atoms with Crippen LogP contribution in [-0.4, -0.2) is 29.5 Å². The van der Waals surface area contributed by atoms with Gasteiger partial charge in [0, 0.05) is 33.6 Å². The van der Waals surface area contributed by atoms with Crippen LogP contribution in [0.2, 0.25) is 10.0 Å². The molecule has 2 amide bonds. The number of ether oxygens (including phenoxy) is 1. The van der Waals surface area contributed by atoms with Gasteiger partial charge in [-0.1, -0.05) is 47.6 Å². The summed E-state index contributed by atoms with van der Waals surface area (Å²) in [6.45, 7) is 5.05. The minimum absolute atomic E-state index is 0.247. The van der Waals surface area contributed by atoms with E-state index in [1.165, 1.54) is 19.2 Å². The topological polar surface area (TPSA) is 88.7 Å². The van der Waals surface area contributed by atoms with Crippen LogP contribution in [0.1, 0.15) is 54.5 Å². The standard InChI is InChI=1S/C30H28Cl2FN3O4S/c1-15-5-8-18(33)13-19(15)26-30(21-9-6-17(32)12-23(21)34-28(30)38)22(14-25(41)35-26)20-11-16(31)7-10-24(20)40-29(2,3)27(37)36-39-4/h5-13,22,26H,14H2,1-4H3,(H,34,38)(H,35,41)(H,36,37). The lowest BCUT2D eigenvalue weighted by Gasteiger charge is -2.48. The number of amides is 2. The Labute approximate surface area is 252 Å². The summed E-state index contributed by atoms with van der Waals surface area (Å²) < 4.78 is 21.0. The van der Waals surface area contributed by atoms with Crippen molar-refractivity contribution in [1.29, 1.82) is 0 Å². The molecule has 2 heterocycles. The highest BCUT2D eigenvalue weighted by atomic mass is 35.5. The first-order valence-electron chi connectivity index (χ1n) is 12.9. The number of carbonyl (C=O) groups excluding carboxylic acids is 2. The highest BCUT2D eigenvalue weighted by Gasteiger charge is 2.61. The molecular formula is C30H28Cl2FN3O4S. The first-order chi connectivity index (χ1) is 19.4. The van der Waals surface area contributed by atoms with Gasteiger partial charge in [-0.2, -0.15) is 0 Å². The summed E-state index contributed by atoms with van der Waals surface area (Å²) in [4.78, 5) is 32.4. The summed E-state index contributed by atoms with van der Waals surface area (Å²) in [6.07, 6.45) is 0.247. The van der Waals surface area contributed by atoms with Crippen molar-refractivity contribution < 1.29 is 23.6 Å². The second kappa shape index (κ2) is 10.9. The monoisotopic (exact) mass is 615 g/mol. The molecule has 2 aliphatic heterocycles. The van der Waals surface area contributed by atoms with Crippen molar-refractivity contribution in [3.05, 3.63) is 92.7 Å². The van der Waals surface area contributed by atoms with E-state index in [0.717, 1.165) is 5.56 Å². The first kappa shape index (κ1) is 29.3. The van der Waals surface area contributed by atoms with E-state index in [1.807, 2.05) is 6.92 Å². The molecule has 1 saturated heterocycles. The van der Waals surface area contributed by atoms with Crippen LogP contribution >= 0.6 is 35.4 Å². The highest BCUT2D eigenvalue weighted by molar-refractivity contribution is 7.80. The fourth-order valence-electron chi connectivity index (χ4n) is 5.86. The molecule has 0 aliphatic carbocycles. The van der Waals surface area contributed by atoms with E-state index in [9.17, 15) is 14.0 Å². The predicted molar refractivity (Wildman–Crippen MR) is 160 cm³/mol. The first-order valence-corrected chi connectivity index (χ1v) is 14.0. The lowest BCUT2D eigenvalue weighted by atomic mass is 9.59. The molecule has 3 N–H and O–H groups in total. The molecule has 3 aromatic rings. The Hall–Kier alpha value is -3.24. The summed E-state index contributed by atoms with van der Waals surface area (Å²) >= 11 is 18.6. The Morgan fingerprint density at radius 3 is 2.54 bits per heavy atom. The van der Waals surface area contributed by atoms with Gasteiger partial charge in [0.1, 0.15) is 17.0 Å². The maximum Gasteiger partial charge on any atom is 0.287 e. The van der Waals surface area contributed by atoms with Gasteiger partial charge in [-0.05, 0) is 79.9 Å². The quantitative estimate of drug-likeness (QED) is 0.222. The van der Waals surface area contributed by atoms with Gasteiger partial charge in [-0.25, -0.2) is 9.87 Å². The number of aryl methyl sites for hydroxylation is 1. The van der Waals surface area contributed by atoms with Gasteiger partial charge in [-0.3, -0.25) is 14.4 Å². The number of halogens is 3. The second-order valence-electron chi connectivity index (χ2n) is 10.7. The Morgan fingerprint density at radius 2 is 1.80 bits per heavy atom. The number of thiocarbonyl (C=S) groups is 1. The molecule has 41 heavy (non-hydrogen) atoms. The molecule has 5 rings (SSSR count). The number of nitrogens with one attached hydrogen (secondary N) is 3. The summed E-state index contributed by atoms with van der Waals surface area (Å²) in [5.74, 6) is -1.57. The number of fused-ring (bicyclic) bond motifs is 2. The molecule has 7 nitrogen and oxygen atoms in total. The van der Waals surface area contributed by atoms with Crippen molar-refractivity contribution in [3.8, 4) is 5.75 Å².